The maximum atomic E-state index is 13.6. The van der Waals surface area contributed by atoms with Gasteiger partial charge in [-0.15, -0.1) is 0 Å². The summed E-state index contributed by atoms with van der Waals surface area (Å²) in [6.07, 6.45) is -2.26. The van der Waals surface area contributed by atoms with Crippen molar-refractivity contribution in [2.24, 2.45) is 0 Å². The van der Waals surface area contributed by atoms with Crippen molar-refractivity contribution in [1.29, 1.82) is 0 Å². The highest BCUT2D eigenvalue weighted by Gasteiger charge is 2.35. The van der Waals surface area contributed by atoms with E-state index in [1.807, 2.05) is 19.1 Å². The minimum absolute atomic E-state index is 0.00305. The Balaban J connectivity index is 1.44. The van der Waals surface area contributed by atoms with Gasteiger partial charge >= 0.3 is 6.18 Å². The van der Waals surface area contributed by atoms with Gasteiger partial charge in [-0.05, 0) is 36.6 Å². The lowest BCUT2D eigenvalue weighted by atomic mass is 10.1. The molecule has 2 aromatic rings. The van der Waals surface area contributed by atoms with Crippen LogP contribution >= 0.6 is 0 Å². The van der Waals surface area contributed by atoms with Crippen LogP contribution in [0.2, 0.25) is 0 Å². The number of hydrogen-bond donors (Lipinski definition) is 3. The minimum atomic E-state index is -4.60. The van der Waals surface area contributed by atoms with Crippen molar-refractivity contribution in [1.82, 2.24) is 20.2 Å². The largest absolute Gasteiger partial charge is 0.421 e. The van der Waals surface area contributed by atoms with E-state index in [1.54, 1.807) is 4.90 Å². The number of halogens is 3. The molecule has 2 aliphatic heterocycles. The van der Waals surface area contributed by atoms with Crippen LogP contribution in [0.5, 0.6) is 0 Å². The molecule has 1 amide bonds. The van der Waals surface area contributed by atoms with E-state index < -0.39 is 11.7 Å². The third kappa shape index (κ3) is 7.22. The Kier molecular flexibility index (Phi) is 9.04. The van der Waals surface area contributed by atoms with Crippen molar-refractivity contribution >= 4 is 29.0 Å². The molecule has 2 aliphatic rings. The highest BCUT2D eigenvalue weighted by atomic mass is 19.4. The van der Waals surface area contributed by atoms with E-state index in [2.05, 4.69) is 36.9 Å². The van der Waals surface area contributed by atoms with Gasteiger partial charge in [-0.1, -0.05) is 6.92 Å². The number of rotatable bonds is 9. The van der Waals surface area contributed by atoms with Gasteiger partial charge in [0.15, 0.2) is 0 Å². The zero-order valence-electron chi connectivity index (χ0n) is 21.0. The van der Waals surface area contributed by atoms with Crippen LogP contribution in [0, 0.1) is 0 Å². The summed E-state index contributed by atoms with van der Waals surface area (Å²) in [6, 6.07) is 6.03. The average molecular weight is 522 g/mol. The Morgan fingerprint density at radius 2 is 1.97 bits per heavy atom. The molecule has 9 nitrogen and oxygen atoms in total. The Morgan fingerprint density at radius 3 is 2.73 bits per heavy atom. The summed E-state index contributed by atoms with van der Waals surface area (Å²) >= 11 is 0. The summed E-state index contributed by atoms with van der Waals surface area (Å²) in [7, 11) is 0. The van der Waals surface area contributed by atoms with Gasteiger partial charge in [0.25, 0.3) is 0 Å². The number of carbonyl (C=O) groups excluding carboxylic acids is 1. The van der Waals surface area contributed by atoms with Crippen LogP contribution in [-0.4, -0.2) is 79.8 Å². The molecule has 0 atom stereocenters. The first kappa shape index (κ1) is 26.9. The van der Waals surface area contributed by atoms with Gasteiger partial charge in [-0.25, -0.2) is 4.98 Å². The molecule has 12 heteroatoms. The van der Waals surface area contributed by atoms with Crippen LogP contribution in [0.1, 0.15) is 30.9 Å². The molecule has 0 radical (unpaired) electrons. The first-order valence-electron chi connectivity index (χ1n) is 12.7. The van der Waals surface area contributed by atoms with E-state index in [4.69, 9.17) is 4.74 Å². The van der Waals surface area contributed by atoms with E-state index >= 15 is 0 Å². The Bertz CT molecular complexity index is 1060. The quantitative estimate of drug-likeness (QED) is 0.433. The molecule has 2 fully saturated rings. The van der Waals surface area contributed by atoms with Gasteiger partial charge in [-0.3, -0.25) is 4.79 Å². The lowest BCUT2D eigenvalue weighted by Crippen LogP contribution is -2.43. The monoisotopic (exact) mass is 521 g/mol. The number of carbonyl (C=O) groups is 1. The normalized spacial score (nSPS) is 17.0. The van der Waals surface area contributed by atoms with Crippen molar-refractivity contribution < 1.29 is 22.7 Å². The number of aryl methyl sites for hydroxylation is 1. The average Bonchev–Trinajstić information content (AvgIpc) is 3.10. The molecule has 37 heavy (non-hydrogen) atoms. The molecular weight excluding hydrogens is 487 g/mol. The molecule has 202 valence electrons. The number of aromatic nitrogens is 2. The topological polar surface area (TPSA) is 94.6 Å². The Labute approximate surface area is 214 Å². The van der Waals surface area contributed by atoms with Gasteiger partial charge in [0, 0.05) is 63.4 Å². The molecule has 0 saturated carbocycles. The second-order valence-corrected chi connectivity index (χ2v) is 9.03. The molecule has 3 N–H and O–H groups in total. The molecule has 1 aromatic heterocycles. The predicted molar refractivity (Wildman–Crippen MR) is 136 cm³/mol. The number of piperazine rings is 1. The second kappa shape index (κ2) is 12.4. The second-order valence-electron chi connectivity index (χ2n) is 9.03. The van der Waals surface area contributed by atoms with Crippen molar-refractivity contribution in [2.45, 2.75) is 32.4 Å². The van der Waals surface area contributed by atoms with Crippen LogP contribution in [-0.2, 0) is 22.1 Å². The van der Waals surface area contributed by atoms with E-state index in [0.29, 0.717) is 39.1 Å². The Hall–Kier alpha value is -3.12. The van der Waals surface area contributed by atoms with E-state index in [1.165, 1.54) is 0 Å². The van der Waals surface area contributed by atoms with Gasteiger partial charge in [0.05, 0.1) is 19.6 Å². The maximum absolute atomic E-state index is 13.6. The van der Waals surface area contributed by atoms with Crippen LogP contribution < -0.4 is 20.9 Å². The lowest BCUT2D eigenvalue weighted by molar-refractivity contribution is -0.137. The fraction of sp³-hybridized carbons (Fsp3) is 0.560. The van der Waals surface area contributed by atoms with E-state index in [-0.39, 0.29) is 24.2 Å². The van der Waals surface area contributed by atoms with Gasteiger partial charge in [0.1, 0.15) is 11.4 Å². The van der Waals surface area contributed by atoms with Crippen LogP contribution in [0.3, 0.4) is 0 Å². The van der Waals surface area contributed by atoms with Crippen LogP contribution in [0.25, 0.3) is 0 Å². The number of nitrogens with one attached hydrogen (secondary N) is 3. The minimum Gasteiger partial charge on any atom is -0.379 e. The first-order chi connectivity index (χ1) is 17.8. The number of amides is 1. The van der Waals surface area contributed by atoms with E-state index in [9.17, 15) is 18.0 Å². The highest BCUT2D eigenvalue weighted by Crippen LogP contribution is 2.34. The van der Waals surface area contributed by atoms with Gasteiger partial charge < -0.3 is 30.5 Å². The third-order valence-electron chi connectivity index (χ3n) is 6.51. The SMILES string of the molecule is CCc1cc(N2CCNCC2)ccc1Nc1ncc(C(F)(F)F)c(NCCCN2CCOCCC2=O)n1. The third-order valence-corrected chi connectivity index (χ3v) is 6.51. The summed E-state index contributed by atoms with van der Waals surface area (Å²) in [6.45, 7) is 7.75. The molecule has 2 saturated heterocycles. The summed E-state index contributed by atoms with van der Waals surface area (Å²) < 4.78 is 46.2. The molecule has 3 heterocycles. The van der Waals surface area contributed by atoms with Crippen molar-refractivity contribution in [3.05, 3.63) is 35.5 Å². The highest BCUT2D eigenvalue weighted by molar-refractivity contribution is 5.76. The summed E-state index contributed by atoms with van der Waals surface area (Å²) in [5.74, 6) is -0.206. The maximum Gasteiger partial charge on any atom is 0.421 e. The summed E-state index contributed by atoms with van der Waals surface area (Å²) in [5, 5.41) is 9.24. The number of alkyl halides is 3. The van der Waals surface area contributed by atoms with Crippen LogP contribution in [0.4, 0.5) is 36.3 Å². The fourth-order valence-electron chi connectivity index (χ4n) is 4.45. The number of benzene rings is 1. The molecule has 0 unspecified atom stereocenters. The summed E-state index contributed by atoms with van der Waals surface area (Å²) in [5.41, 5.74) is 1.98. The number of anilines is 4. The molecule has 1 aromatic carbocycles. The van der Waals surface area contributed by atoms with Gasteiger partial charge in [0.2, 0.25) is 11.9 Å². The smallest absolute Gasteiger partial charge is 0.379 e. The van der Waals surface area contributed by atoms with Crippen molar-refractivity contribution in [2.75, 3.05) is 74.6 Å². The van der Waals surface area contributed by atoms with Crippen molar-refractivity contribution in [3.8, 4) is 0 Å². The number of nitrogens with zero attached hydrogens (tertiary/aromatic N) is 4. The predicted octanol–water partition coefficient (Wildman–Crippen LogP) is 3.26. The first-order valence-corrected chi connectivity index (χ1v) is 12.7. The standard InChI is InChI=1S/C25H34F3N7O2/c1-2-18-16-19(34-11-8-29-9-12-34)4-5-21(18)32-24-31-17-20(25(26,27)28)23(33-24)30-7-3-10-35-13-15-37-14-6-22(35)36/h4-5,16-17,29H,2-3,6-15H2,1H3,(H2,30,31,32,33). The number of hydrogen-bond acceptors (Lipinski definition) is 8. The molecule has 0 aliphatic carbocycles. The molecule has 0 bridgehead atoms. The molecular formula is C25H34F3N7O2. The van der Waals surface area contributed by atoms with Crippen LogP contribution in [0.15, 0.2) is 24.4 Å². The number of ether oxygens (including phenoxy) is 1. The summed E-state index contributed by atoms with van der Waals surface area (Å²) in [4.78, 5) is 24.2. The lowest BCUT2D eigenvalue weighted by Gasteiger charge is -2.30. The van der Waals surface area contributed by atoms with Gasteiger partial charge in [-0.2, -0.15) is 18.2 Å². The van der Waals surface area contributed by atoms with Crippen molar-refractivity contribution in [3.63, 3.8) is 0 Å². The fourth-order valence-corrected chi connectivity index (χ4v) is 4.45. The molecule has 0 spiro atoms. The zero-order valence-corrected chi connectivity index (χ0v) is 21.0. The molecule has 4 rings (SSSR count). The Morgan fingerprint density at radius 1 is 1.16 bits per heavy atom. The van der Waals surface area contributed by atoms with E-state index in [0.717, 1.165) is 55.7 Å². The zero-order chi connectivity index (χ0) is 26.3.